The van der Waals surface area contributed by atoms with Crippen molar-refractivity contribution < 1.29 is 5.11 Å². The van der Waals surface area contributed by atoms with Crippen molar-refractivity contribution in [1.82, 2.24) is 19.6 Å². The molecule has 1 fully saturated rings. The van der Waals surface area contributed by atoms with Crippen LogP contribution in [0.5, 0.6) is 0 Å². The Balaban J connectivity index is 1.81. The van der Waals surface area contributed by atoms with Crippen LogP contribution in [0.1, 0.15) is 29.8 Å². The first kappa shape index (κ1) is 18.1. The Morgan fingerprint density at radius 3 is 2.68 bits per heavy atom. The third-order valence-electron chi connectivity index (χ3n) is 4.87. The maximum absolute atomic E-state index is 10.9. The number of nitrogens with zero attached hydrogens (tertiary/aromatic N) is 4. The number of hydrogen-bond acceptors (Lipinski definition) is 4. The van der Waals surface area contributed by atoms with Crippen LogP contribution in [-0.4, -0.2) is 64.0 Å². The van der Waals surface area contributed by atoms with Crippen molar-refractivity contribution in [3.05, 3.63) is 47.3 Å². The zero-order valence-electron chi connectivity index (χ0n) is 15.9. The molecule has 1 aromatic carbocycles. The van der Waals surface area contributed by atoms with Crippen molar-refractivity contribution >= 4 is 0 Å². The van der Waals surface area contributed by atoms with Gasteiger partial charge in [-0.15, -0.1) is 0 Å². The standard InChI is InChI=1S/C20H30N4O/c1-16-12-17(2)24(21-16)19-9-6-5-8-18(19)13-23-11-7-10-20(25,15-23)14-22(3)4/h5-6,8-9,12,25H,7,10-11,13-15H2,1-4H3/t20-/m0/s1. The van der Waals surface area contributed by atoms with Crippen LogP contribution in [0.4, 0.5) is 0 Å². The minimum absolute atomic E-state index is 0.616. The number of aromatic nitrogens is 2. The fourth-order valence-electron chi connectivity index (χ4n) is 4.02. The lowest BCUT2D eigenvalue weighted by molar-refractivity contribution is -0.0480. The fraction of sp³-hybridized carbons (Fsp3) is 0.550. The van der Waals surface area contributed by atoms with E-state index in [1.807, 2.05) is 25.7 Å². The predicted octanol–water partition coefficient (Wildman–Crippen LogP) is 2.38. The Morgan fingerprint density at radius 1 is 1.24 bits per heavy atom. The molecule has 0 aliphatic carbocycles. The number of piperidine rings is 1. The van der Waals surface area contributed by atoms with Crippen LogP contribution < -0.4 is 0 Å². The number of aliphatic hydroxyl groups is 1. The molecule has 136 valence electrons. The Bertz CT molecular complexity index is 724. The molecule has 0 bridgehead atoms. The van der Waals surface area contributed by atoms with Gasteiger partial charge in [0.2, 0.25) is 0 Å². The highest BCUT2D eigenvalue weighted by molar-refractivity contribution is 5.42. The predicted molar refractivity (Wildman–Crippen MR) is 101 cm³/mol. The van der Waals surface area contributed by atoms with Crippen molar-refractivity contribution in [2.24, 2.45) is 0 Å². The maximum atomic E-state index is 10.9. The number of para-hydroxylation sites is 1. The molecule has 1 aromatic heterocycles. The number of aryl methyl sites for hydroxylation is 2. The van der Waals surface area contributed by atoms with E-state index in [4.69, 9.17) is 0 Å². The molecular weight excluding hydrogens is 312 g/mol. The average Bonchev–Trinajstić information content (AvgIpc) is 2.85. The molecule has 3 rings (SSSR count). The Morgan fingerprint density at radius 2 is 2.00 bits per heavy atom. The summed E-state index contributed by atoms with van der Waals surface area (Å²) in [5.74, 6) is 0. The van der Waals surface area contributed by atoms with E-state index in [0.717, 1.165) is 49.6 Å². The number of benzene rings is 1. The van der Waals surface area contributed by atoms with Gasteiger partial charge in [0.15, 0.2) is 0 Å². The SMILES string of the molecule is Cc1cc(C)n(-c2ccccc2CN2CCC[C@](O)(CN(C)C)C2)n1. The summed E-state index contributed by atoms with van der Waals surface area (Å²) in [4.78, 5) is 4.45. The van der Waals surface area contributed by atoms with E-state index in [9.17, 15) is 5.11 Å². The molecule has 1 atom stereocenters. The first-order valence-electron chi connectivity index (χ1n) is 9.07. The molecule has 1 N–H and O–H groups in total. The summed E-state index contributed by atoms with van der Waals surface area (Å²) < 4.78 is 2.03. The third kappa shape index (κ3) is 4.29. The molecule has 25 heavy (non-hydrogen) atoms. The summed E-state index contributed by atoms with van der Waals surface area (Å²) in [6.07, 6.45) is 1.91. The van der Waals surface area contributed by atoms with Crippen molar-refractivity contribution in [2.75, 3.05) is 33.7 Å². The molecule has 0 saturated carbocycles. The lowest BCUT2D eigenvalue weighted by Gasteiger charge is -2.40. The molecule has 0 spiro atoms. The summed E-state index contributed by atoms with van der Waals surface area (Å²) in [7, 11) is 4.05. The molecule has 0 radical (unpaired) electrons. The largest absolute Gasteiger partial charge is 0.387 e. The van der Waals surface area contributed by atoms with Crippen LogP contribution in [0, 0.1) is 13.8 Å². The van der Waals surface area contributed by atoms with E-state index < -0.39 is 5.60 Å². The van der Waals surface area contributed by atoms with Gasteiger partial charge in [-0.1, -0.05) is 18.2 Å². The third-order valence-corrected chi connectivity index (χ3v) is 4.87. The fourth-order valence-corrected chi connectivity index (χ4v) is 4.02. The molecule has 5 nitrogen and oxygen atoms in total. The van der Waals surface area contributed by atoms with Gasteiger partial charge in [-0.25, -0.2) is 4.68 Å². The van der Waals surface area contributed by atoms with E-state index in [-0.39, 0.29) is 0 Å². The van der Waals surface area contributed by atoms with Crippen LogP contribution >= 0.6 is 0 Å². The second-order valence-corrected chi connectivity index (χ2v) is 7.74. The summed E-state index contributed by atoms with van der Waals surface area (Å²) >= 11 is 0. The topological polar surface area (TPSA) is 44.5 Å². The van der Waals surface area contributed by atoms with Gasteiger partial charge in [0.05, 0.1) is 17.0 Å². The molecular formula is C20H30N4O. The molecule has 1 aliphatic rings. The second kappa shape index (κ2) is 7.28. The van der Waals surface area contributed by atoms with Crippen molar-refractivity contribution in [2.45, 2.75) is 38.8 Å². The molecule has 2 aromatic rings. The second-order valence-electron chi connectivity index (χ2n) is 7.74. The Hall–Kier alpha value is -1.69. The molecule has 5 heteroatoms. The smallest absolute Gasteiger partial charge is 0.0900 e. The van der Waals surface area contributed by atoms with Crippen LogP contribution in [-0.2, 0) is 6.54 Å². The average molecular weight is 342 g/mol. The summed E-state index contributed by atoms with van der Waals surface area (Å²) in [5.41, 5.74) is 3.95. The van der Waals surface area contributed by atoms with Crippen molar-refractivity contribution in [1.29, 1.82) is 0 Å². The van der Waals surface area contributed by atoms with E-state index in [1.54, 1.807) is 0 Å². The molecule has 1 saturated heterocycles. The van der Waals surface area contributed by atoms with Gasteiger partial charge < -0.3 is 10.0 Å². The van der Waals surface area contributed by atoms with Gasteiger partial charge in [0, 0.05) is 25.3 Å². The Kier molecular flexibility index (Phi) is 5.27. The summed E-state index contributed by atoms with van der Waals surface area (Å²) in [6.45, 7) is 7.41. The zero-order valence-corrected chi connectivity index (χ0v) is 15.9. The quantitative estimate of drug-likeness (QED) is 0.906. The van der Waals surface area contributed by atoms with Gasteiger partial charge in [-0.05, 0) is 65.0 Å². The highest BCUT2D eigenvalue weighted by Crippen LogP contribution is 2.25. The lowest BCUT2D eigenvalue weighted by atomic mass is 9.92. The summed E-state index contributed by atoms with van der Waals surface area (Å²) in [6, 6.07) is 10.6. The van der Waals surface area contributed by atoms with Gasteiger partial charge in [-0.3, -0.25) is 4.90 Å². The van der Waals surface area contributed by atoms with Gasteiger partial charge in [-0.2, -0.15) is 5.10 Å². The van der Waals surface area contributed by atoms with Gasteiger partial charge in [0.25, 0.3) is 0 Å². The number of rotatable bonds is 5. The van der Waals surface area contributed by atoms with Crippen LogP contribution in [0.3, 0.4) is 0 Å². The van der Waals surface area contributed by atoms with E-state index >= 15 is 0 Å². The van der Waals surface area contributed by atoms with E-state index in [1.165, 1.54) is 5.56 Å². The van der Waals surface area contributed by atoms with Gasteiger partial charge >= 0.3 is 0 Å². The monoisotopic (exact) mass is 342 g/mol. The zero-order chi connectivity index (χ0) is 18.0. The lowest BCUT2D eigenvalue weighted by Crippen LogP contribution is -2.52. The molecule has 1 aliphatic heterocycles. The number of β-amino-alcohol motifs (C(OH)–C–C–N with tert-alkyl or cyclic N) is 1. The first-order valence-corrected chi connectivity index (χ1v) is 9.07. The molecule has 2 heterocycles. The molecule has 0 unspecified atom stereocenters. The normalized spacial score (nSPS) is 21.8. The van der Waals surface area contributed by atoms with E-state index in [2.05, 4.69) is 52.2 Å². The highest BCUT2D eigenvalue weighted by Gasteiger charge is 2.33. The number of likely N-dealkylation sites (N-methyl/N-ethyl adjacent to an activating group) is 1. The number of hydrogen-bond donors (Lipinski definition) is 1. The highest BCUT2D eigenvalue weighted by atomic mass is 16.3. The van der Waals surface area contributed by atoms with Gasteiger partial charge in [0.1, 0.15) is 0 Å². The number of likely N-dealkylation sites (tertiary alicyclic amines) is 1. The van der Waals surface area contributed by atoms with Crippen molar-refractivity contribution in [3.63, 3.8) is 0 Å². The minimum Gasteiger partial charge on any atom is -0.387 e. The summed E-state index contributed by atoms with van der Waals surface area (Å²) in [5, 5.41) is 15.6. The minimum atomic E-state index is -0.616. The van der Waals surface area contributed by atoms with Crippen LogP contribution in [0.15, 0.2) is 30.3 Å². The maximum Gasteiger partial charge on any atom is 0.0900 e. The van der Waals surface area contributed by atoms with Crippen LogP contribution in [0.25, 0.3) is 5.69 Å². The van der Waals surface area contributed by atoms with E-state index in [0.29, 0.717) is 6.54 Å². The molecule has 0 amide bonds. The van der Waals surface area contributed by atoms with Crippen LogP contribution in [0.2, 0.25) is 0 Å². The Labute approximate surface area is 150 Å². The van der Waals surface area contributed by atoms with Crippen molar-refractivity contribution in [3.8, 4) is 5.69 Å². The first-order chi connectivity index (χ1) is 11.9.